The summed E-state index contributed by atoms with van der Waals surface area (Å²) in [5.74, 6) is 0.172. The highest BCUT2D eigenvalue weighted by Crippen LogP contribution is 2.43. The third kappa shape index (κ3) is 1.62. The number of benzene rings is 1. The second kappa shape index (κ2) is 4.17. The van der Waals surface area contributed by atoms with Gasteiger partial charge in [-0.15, -0.1) is 11.8 Å². The van der Waals surface area contributed by atoms with Crippen molar-refractivity contribution in [3.05, 3.63) is 35.0 Å². The van der Waals surface area contributed by atoms with Crippen molar-refractivity contribution in [2.45, 2.75) is 24.0 Å². The van der Waals surface area contributed by atoms with Crippen molar-refractivity contribution in [2.24, 2.45) is 0 Å². The molecule has 0 radical (unpaired) electrons. The molecule has 1 aromatic heterocycles. The molecular formula is C13H11NO3S. The van der Waals surface area contributed by atoms with Gasteiger partial charge in [-0.05, 0) is 24.1 Å². The van der Waals surface area contributed by atoms with Crippen LogP contribution in [0, 0.1) is 0 Å². The third-order valence-corrected chi connectivity index (χ3v) is 4.16. The zero-order chi connectivity index (χ0) is 12.7. The van der Waals surface area contributed by atoms with Crippen molar-refractivity contribution >= 4 is 17.7 Å². The van der Waals surface area contributed by atoms with Crippen molar-refractivity contribution < 1.29 is 14.4 Å². The Labute approximate surface area is 108 Å². The van der Waals surface area contributed by atoms with E-state index in [1.165, 1.54) is 5.56 Å². The number of hydrogen-bond acceptors (Lipinski definition) is 4. The van der Waals surface area contributed by atoms with Gasteiger partial charge in [0.25, 0.3) is 0 Å². The lowest BCUT2D eigenvalue weighted by atomic mass is 10.0. The Bertz CT molecular complexity index is 633. The zero-order valence-corrected chi connectivity index (χ0v) is 10.6. The Hall–Kier alpha value is -1.75. The first kappa shape index (κ1) is 11.3. The summed E-state index contributed by atoms with van der Waals surface area (Å²) >= 11 is 1.62. The molecular weight excluding hydrogens is 250 g/mol. The monoisotopic (exact) mass is 261 g/mol. The molecule has 1 aliphatic rings. The Morgan fingerprint density at radius 2 is 2.39 bits per heavy atom. The molecule has 0 bridgehead atoms. The quantitative estimate of drug-likeness (QED) is 0.899. The minimum atomic E-state index is -1.03. The fourth-order valence-electron chi connectivity index (χ4n) is 2.07. The summed E-state index contributed by atoms with van der Waals surface area (Å²) < 4.78 is 5.23. The van der Waals surface area contributed by atoms with Crippen molar-refractivity contribution in [1.29, 1.82) is 0 Å². The van der Waals surface area contributed by atoms with E-state index in [1.807, 2.05) is 0 Å². The summed E-state index contributed by atoms with van der Waals surface area (Å²) in [7, 11) is 0. The number of carboxylic acids is 1. The van der Waals surface area contributed by atoms with E-state index in [2.05, 4.69) is 30.3 Å². The molecule has 1 aliphatic heterocycles. The number of fused-ring (bicyclic) bond motifs is 3. The highest BCUT2D eigenvalue weighted by atomic mass is 32.2. The fraction of sp³-hybridized carbons (Fsp3) is 0.231. The normalized spacial score (nSPS) is 12.9. The van der Waals surface area contributed by atoms with E-state index in [0.29, 0.717) is 17.1 Å². The minimum Gasteiger partial charge on any atom is -0.476 e. The first-order valence-electron chi connectivity index (χ1n) is 5.68. The number of carbonyl (C=O) groups is 1. The lowest BCUT2D eigenvalue weighted by Crippen LogP contribution is -2.03. The summed E-state index contributed by atoms with van der Waals surface area (Å²) in [5, 5.41) is 12.7. The molecule has 18 heavy (non-hydrogen) atoms. The predicted molar refractivity (Wildman–Crippen MR) is 67.8 cm³/mol. The average molecular weight is 261 g/mol. The Kier molecular flexibility index (Phi) is 2.63. The summed E-state index contributed by atoms with van der Waals surface area (Å²) in [5.41, 5.74) is 2.88. The first-order chi connectivity index (χ1) is 8.70. The number of aromatic nitrogens is 1. The van der Waals surface area contributed by atoms with Crippen LogP contribution in [0.2, 0.25) is 0 Å². The average Bonchev–Trinajstić information content (AvgIpc) is 2.82. The van der Waals surface area contributed by atoms with Gasteiger partial charge in [0.05, 0.1) is 0 Å². The zero-order valence-electron chi connectivity index (χ0n) is 9.77. The Morgan fingerprint density at radius 3 is 3.11 bits per heavy atom. The highest BCUT2D eigenvalue weighted by molar-refractivity contribution is 7.98. The van der Waals surface area contributed by atoms with Crippen molar-refractivity contribution in [1.82, 2.24) is 5.16 Å². The summed E-state index contributed by atoms with van der Waals surface area (Å²) in [6.45, 7) is 2.08. The van der Waals surface area contributed by atoms with Gasteiger partial charge >= 0.3 is 5.97 Å². The fourth-order valence-corrected chi connectivity index (χ4v) is 3.11. The van der Waals surface area contributed by atoms with Gasteiger partial charge in [0.15, 0.2) is 11.5 Å². The van der Waals surface area contributed by atoms with Crippen LogP contribution in [0.25, 0.3) is 11.3 Å². The second-order valence-corrected chi connectivity index (χ2v) is 5.13. The number of carboxylic acid groups (broad SMARTS) is 1. The Balaban J connectivity index is 2.19. The van der Waals surface area contributed by atoms with Gasteiger partial charge in [-0.2, -0.15) is 0 Å². The van der Waals surface area contributed by atoms with Crippen molar-refractivity contribution in [3.8, 4) is 11.3 Å². The first-order valence-corrected chi connectivity index (χ1v) is 6.67. The molecule has 92 valence electrons. The van der Waals surface area contributed by atoms with Gasteiger partial charge in [0.2, 0.25) is 0 Å². The molecule has 5 heteroatoms. The van der Waals surface area contributed by atoms with E-state index in [4.69, 9.17) is 9.63 Å². The maximum absolute atomic E-state index is 11.0. The van der Waals surface area contributed by atoms with Crippen LogP contribution in [0.1, 0.15) is 28.5 Å². The minimum absolute atomic E-state index is 0.0325. The summed E-state index contributed by atoms with van der Waals surface area (Å²) in [4.78, 5) is 12.2. The standard InChI is InChI=1S/C13H11NO3S/c1-2-7-3-4-10-8(5-7)12-9(6-18-10)11(13(15)16)14-17-12/h3-5H,2,6H2,1H3,(H,15,16). The summed E-state index contributed by atoms with van der Waals surface area (Å²) in [6, 6.07) is 6.20. The van der Waals surface area contributed by atoms with Crippen LogP contribution in [0.4, 0.5) is 0 Å². The lowest BCUT2D eigenvalue weighted by molar-refractivity contribution is 0.0685. The van der Waals surface area contributed by atoms with Crippen LogP contribution >= 0.6 is 11.8 Å². The van der Waals surface area contributed by atoms with E-state index < -0.39 is 5.97 Å². The van der Waals surface area contributed by atoms with E-state index in [0.717, 1.165) is 16.9 Å². The van der Waals surface area contributed by atoms with E-state index in [1.54, 1.807) is 11.8 Å². The van der Waals surface area contributed by atoms with Crippen molar-refractivity contribution in [2.75, 3.05) is 0 Å². The largest absolute Gasteiger partial charge is 0.476 e. The van der Waals surface area contributed by atoms with Crippen LogP contribution in [0.15, 0.2) is 27.6 Å². The van der Waals surface area contributed by atoms with Crippen LogP contribution in [-0.4, -0.2) is 16.2 Å². The number of aromatic carboxylic acids is 1. The number of aryl methyl sites for hydroxylation is 1. The molecule has 0 amide bonds. The number of rotatable bonds is 2. The van der Waals surface area contributed by atoms with Gasteiger partial charge in [-0.25, -0.2) is 4.79 Å². The van der Waals surface area contributed by atoms with E-state index >= 15 is 0 Å². The molecule has 1 aromatic carbocycles. The molecule has 0 atom stereocenters. The molecule has 3 rings (SSSR count). The smallest absolute Gasteiger partial charge is 0.358 e. The number of nitrogens with zero attached hydrogens (tertiary/aromatic N) is 1. The molecule has 1 N–H and O–H groups in total. The van der Waals surface area contributed by atoms with Gasteiger partial charge in [-0.3, -0.25) is 0 Å². The second-order valence-electron chi connectivity index (χ2n) is 4.12. The molecule has 0 aliphatic carbocycles. The van der Waals surface area contributed by atoms with E-state index in [-0.39, 0.29) is 5.69 Å². The topological polar surface area (TPSA) is 63.3 Å². The maximum Gasteiger partial charge on any atom is 0.358 e. The van der Waals surface area contributed by atoms with Crippen molar-refractivity contribution in [3.63, 3.8) is 0 Å². The van der Waals surface area contributed by atoms with Gasteiger partial charge < -0.3 is 9.63 Å². The SMILES string of the molecule is CCc1ccc2c(c1)-c1onc(C(=O)O)c1CS2. The highest BCUT2D eigenvalue weighted by Gasteiger charge is 2.27. The summed E-state index contributed by atoms with van der Waals surface area (Å²) in [6.07, 6.45) is 0.938. The van der Waals surface area contributed by atoms with Crippen LogP contribution in [-0.2, 0) is 12.2 Å². The molecule has 4 nitrogen and oxygen atoms in total. The molecule has 0 unspecified atom stereocenters. The van der Waals surface area contributed by atoms with E-state index in [9.17, 15) is 4.79 Å². The molecule has 2 heterocycles. The predicted octanol–water partition coefficient (Wildman–Crippen LogP) is 3.21. The van der Waals surface area contributed by atoms with Gasteiger partial charge in [0, 0.05) is 21.8 Å². The molecule has 0 spiro atoms. The van der Waals surface area contributed by atoms with Crippen LogP contribution in [0.5, 0.6) is 0 Å². The molecule has 2 aromatic rings. The Morgan fingerprint density at radius 1 is 1.56 bits per heavy atom. The third-order valence-electron chi connectivity index (χ3n) is 3.06. The molecule has 0 saturated heterocycles. The molecule has 0 fully saturated rings. The number of hydrogen-bond donors (Lipinski definition) is 1. The maximum atomic E-state index is 11.0. The van der Waals surface area contributed by atoms with Crippen LogP contribution in [0.3, 0.4) is 0 Å². The van der Waals surface area contributed by atoms with Gasteiger partial charge in [0.1, 0.15) is 0 Å². The van der Waals surface area contributed by atoms with Crippen LogP contribution < -0.4 is 0 Å². The number of thioether (sulfide) groups is 1. The molecule has 0 saturated carbocycles. The lowest BCUT2D eigenvalue weighted by Gasteiger charge is -2.14. The van der Waals surface area contributed by atoms with Gasteiger partial charge in [-0.1, -0.05) is 18.1 Å².